The molecule has 2 heterocycles. The van der Waals surface area contributed by atoms with Crippen molar-refractivity contribution in [2.45, 2.75) is 12.7 Å². The average molecular weight is 396 g/mol. The number of sulfonamides is 1. The molecule has 136 valence electrons. The quantitative estimate of drug-likeness (QED) is 0.783. The summed E-state index contributed by atoms with van der Waals surface area (Å²) in [6, 6.07) is 3.07. The van der Waals surface area contributed by atoms with Crippen molar-refractivity contribution in [2.24, 2.45) is 0 Å². The van der Waals surface area contributed by atoms with Gasteiger partial charge in [-0.2, -0.15) is 13.2 Å². The van der Waals surface area contributed by atoms with Crippen molar-refractivity contribution < 1.29 is 21.6 Å². The van der Waals surface area contributed by atoms with Gasteiger partial charge in [0.05, 0.1) is 6.26 Å². The lowest BCUT2D eigenvalue weighted by Crippen LogP contribution is -2.27. The summed E-state index contributed by atoms with van der Waals surface area (Å²) in [7, 11) is -2.29. The molecule has 0 aliphatic heterocycles. The molecule has 0 atom stereocenters. The van der Waals surface area contributed by atoms with Crippen molar-refractivity contribution in [3.63, 3.8) is 0 Å². The molecule has 2 rings (SSSR count). The van der Waals surface area contributed by atoms with E-state index < -0.39 is 27.6 Å². The molecule has 25 heavy (non-hydrogen) atoms. The zero-order valence-corrected chi connectivity index (χ0v) is 14.6. The van der Waals surface area contributed by atoms with Crippen LogP contribution in [0.2, 0.25) is 5.28 Å². The highest BCUT2D eigenvalue weighted by atomic mass is 35.5. The van der Waals surface area contributed by atoms with E-state index in [1.54, 1.807) is 0 Å². The third kappa shape index (κ3) is 4.69. The van der Waals surface area contributed by atoms with Crippen LogP contribution in [0.25, 0.3) is 0 Å². The molecule has 0 aliphatic carbocycles. The van der Waals surface area contributed by atoms with Crippen molar-refractivity contribution in [2.75, 3.05) is 22.9 Å². The summed E-state index contributed by atoms with van der Waals surface area (Å²) in [5.41, 5.74) is -0.725. The molecule has 12 heteroatoms. The highest BCUT2D eigenvalue weighted by Gasteiger charge is 2.35. The minimum Gasteiger partial charge on any atom is -0.365 e. The number of pyridine rings is 1. The Morgan fingerprint density at radius 1 is 1.32 bits per heavy atom. The number of hydrogen-bond donors (Lipinski definition) is 1. The van der Waals surface area contributed by atoms with Gasteiger partial charge in [-0.3, -0.25) is 4.31 Å². The van der Waals surface area contributed by atoms with E-state index in [9.17, 15) is 21.6 Å². The lowest BCUT2D eigenvalue weighted by molar-refractivity contribution is -0.137. The van der Waals surface area contributed by atoms with Crippen molar-refractivity contribution in [3.8, 4) is 0 Å². The molecule has 1 N–H and O–H groups in total. The fraction of sp³-hybridized carbons (Fsp3) is 0.308. The molecule has 0 spiro atoms. The first-order valence-electron chi connectivity index (χ1n) is 6.71. The van der Waals surface area contributed by atoms with Crippen LogP contribution in [-0.4, -0.2) is 36.7 Å². The fourth-order valence-corrected chi connectivity index (χ4v) is 2.50. The summed E-state index contributed by atoms with van der Waals surface area (Å²) in [5, 5.41) is 2.15. The first-order valence-corrected chi connectivity index (χ1v) is 8.94. The maximum Gasteiger partial charge on any atom is 0.421 e. The Balaban J connectivity index is 2.34. The van der Waals surface area contributed by atoms with Gasteiger partial charge in [0.15, 0.2) is 0 Å². The molecule has 0 fully saturated rings. The van der Waals surface area contributed by atoms with Crippen molar-refractivity contribution in [1.82, 2.24) is 15.0 Å². The molecule has 0 aliphatic rings. The van der Waals surface area contributed by atoms with Gasteiger partial charge in [0.25, 0.3) is 0 Å². The van der Waals surface area contributed by atoms with E-state index in [0.29, 0.717) is 11.8 Å². The van der Waals surface area contributed by atoms with E-state index in [4.69, 9.17) is 11.6 Å². The Hall–Kier alpha value is -2.14. The molecule has 0 radical (unpaired) electrons. The number of alkyl halides is 3. The van der Waals surface area contributed by atoms with E-state index in [0.717, 1.165) is 10.6 Å². The third-order valence-electron chi connectivity index (χ3n) is 3.17. The van der Waals surface area contributed by atoms with Gasteiger partial charge in [0, 0.05) is 31.5 Å². The van der Waals surface area contributed by atoms with Crippen LogP contribution in [0.5, 0.6) is 0 Å². The lowest BCUT2D eigenvalue weighted by Gasteiger charge is -2.19. The van der Waals surface area contributed by atoms with Gasteiger partial charge in [-0.15, -0.1) is 0 Å². The zero-order valence-electron chi connectivity index (χ0n) is 13.0. The summed E-state index contributed by atoms with van der Waals surface area (Å²) >= 11 is 5.56. The maximum absolute atomic E-state index is 13.0. The Morgan fingerprint density at radius 3 is 2.60 bits per heavy atom. The Bertz CT molecular complexity index is 876. The van der Waals surface area contributed by atoms with Crippen LogP contribution >= 0.6 is 11.6 Å². The van der Waals surface area contributed by atoms with Crippen molar-refractivity contribution >= 4 is 33.3 Å². The molecule has 0 saturated carbocycles. The summed E-state index contributed by atoms with van der Waals surface area (Å²) in [6.07, 6.45) is -1.73. The molecule has 0 bridgehead atoms. The van der Waals surface area contributed by atoms with Gasteiger partial charge in [-0.25, -0.2) is 23.4 Å². The van der Waals surface area contributed by atoms with Crippen LogP contribution < -0.4 is 9.62 Å². The molecule has 7 nitrogen and oxygen atoms in total. The zero-order chi connectivity index (χ0) is 18.8. The predicted molar refractivity (Wildman–Crippen MR) is 86.9 cm³/mol. The van der Waals surface area contributed by atoms with Crippen LogP contribution in [0.1, 0.15) is 11.1 Å². The van der Waals surface area contributed by atoms with Gasteiger partial charge in [-0.1, -0.05) is 6.07 Å². The highest BCUT2D eigenvalue weighted by Crippen LogP contribution is 2.34. The number of hydrogen-bond acceptors (Lipinski definition) is 6. The third-order valence-corrected chi connectivity index (χ3v) is 4.52. The largest absolute Gasteiger partial charge is 0.421 e. The van der Waals surface area contributed by atoms with Gasteiger partial charge >= 0.3 is 6.18 Å². The molecule has 0 aromatic carbocycles. The van der Waals surface area contributed by atoms with Crippen LogP contribution in [0, 0.1) is 0 Å². The van der Waals surface area contributed by atoms with Crippen LogP contribution in [0.3, 0.4) is 0 Å². The van der Waals surface area contributed by atoms with E-state index in [1.807, 2.05) is 0 Å². The van der Waals surface area contributed by atoms with E-state index in [1.165, 1.54) is 25.4 Å². The Morgan fingerprint density at radius 2 is 2.00 bits per heavy atom. The Kier molecular flexibility index (Phi) is 5.37. The molecule has 2 aromatic heterocycles. The predicted octanol–water partition coefficient (Wildman–Crippen LogP) is 2.55. The first kappa shape index (κ1) is 19.2. The van der Waals surface area contributed by atoms with Crippen molar-refractivity contribution in [1.29, 1.82) is 0 Å². The van der Waals surface area contributed by atoms with Crippen LogP contribution in [0.4, 0.5) is 24.8 Å². The SMILES string of the molecule is CN(c1ncccc1CNc1nc(Cl)ncc1C(F)(F)F)S(C)(=O)=O. The number of aromatic nitrogens is 3. The number of nitrogens with one attached hydrogen (secondary N) is 1. The number of nitrogens with zero attached hydrogens (tertiary/aromatic N) is 4. The minimum atomic E-state index is -4.67. The van der Waals surface area contributed by atoms with E-state index in [-0.39, 0.29) is 17.6 Å². The molecule has 0 unspecified atom stereocenters. The summed E-state index contributed by atoms with van der Waals surface area (Å²) in [5.74, 6) is -0.421. The summed E-state index contributed by atoms with van der Waals surface area (Å²) in [4.78, 5) is 10.9. The standard InChI is InChI=1S/C13H13ClF3N5O2S/c1-22(25(2,23)24)11-8(4-3-5-18-11)6-19-10-9(13(15,16)17)7-20-12(14)21-10/h3-5,7H,6H2,1-2H3,(H,19,20,21). The Labute approximate surface area is 146 Å². The molecule has 0 saturated heterocycles. The number of anilines is 2. The maximum atomic E-state index is 13.0. The van der Waals surface area contributed by atoms with Gasteiger partial charge in [-0.05, 0) is 17.7 Å². The topological polar surface area (TPSA) is 88.1 Å². The van der Waals surface area contributed by atoms with E-state index >= 15 is 0 Å². The van der Waals surface area contributed by atoms with Crippen LogP contribution in [0.15, 0.2) is 24.5 Å². The molecule has 2 aromatic rings. The molecular weight excluding hydrogens is 383 g/mol. The normalized spacial score (nSPS) is 12.1. The van der Waals surface area contributed by atoms with Crippen molar-refractivity contribution in [3.05, 3.63) is 40.9 Å². The lowest BCUT2D eigenvalue weighted by atomic mass is 10.2. The average Bonchev–Trinajstić information content (AvgIpc) is 2.50. The summed E-state index contributed by atoms with van der Waals surface area (Å²) in [6.45, 7) is -0.153. The number of rotatable bonds is 5. The van der Waals surface area contributed by atoms with Gasteiger partial charge in [0.2, 0.25) is 15.3 Å². The number of halogens is 4. The second kappa shape index (κ2) is 7.00. The van der Waals surface area contributed by atoms with E-state index in [2.05, 4.69) is 20.3 Å². The second-order valence-electron chi connectivity index (χ2n) is 4.97. The first-order chi connectivity index (χ1) is 11.5. The molecular formula is C13H13ClF3N5O2S. The smallest absolute Gasteiger partial charge is 0.365 e. The highest BCUT2D eigenvalue weighted by molar-refractivity contribution is 7.92. The van der Waals surface area contributed by atoms with Crippen LogP contribution in [-0.2, 0) is 22.7 Å². The summed E-state index contributed by atoms with van der Waals surface area (Å²) < 4.78 is 63.3. The van der Waals surface area contributed by atoms with Gasteiger partial charge in [0.1, 0.15) is 17.2 Å². The fourth-order valence-electron chi connectivity index (χ4n) is 1.89. The van der Waals surface area contributed by atoms with Gasteiger partial charge < -0.3 is 5.32 Å². The minimum absolute atomic E-state index is 0.0891. The molecule has 0 amide bonds. The second-order valence-corrected chi connectivity index (χ2v) is 7.32. The monoisotopic (exact) mass is 395 g/mol.